The quantitative estimate of drug-likeness (QED) is 0.341. The van der Waals surface area contributed by atoms with Crippen molar-refractivity contribution >= 4 is 33.2 Å². The molecule has 9 rings (SSSR count). The number of sulfonamides is 1. The summed E-state index contributed by atoms with van der Waals surface area (Å²) in [6.07, 6.45) is 14.2. The molecule has 0 unspecified atom stereocenters. The van der Waals surface area contributed by atoms with Crippen molar-refractivity contribution in [2.24, 2.45) is 17.8 Å². The summed E-state index contributed by atoms with van der Waals surface area (Å²) in [6.45, 7) is 13.0. The number of methoxy groups -OCH3 is 1. The number of carbonyl (C=O) groups excluding carboxylic acids is 1. The molecule has 1 spiro atoms. The number of benzene rings is 2. The number of fused-ring (bicyclic) bond motifs is 5. The largest absolute Gasteiger partial charge is 0.490 e. The molecule has 1 saturated carbocycles. The van der Waals surface area contributed by atoms with E-state index < -0.39 is 26.8 Å². The molecule has 0 aromatic heterocycles. The van der Waals surface area contributed by atoms with Gasteiger partial charge in [0.05, 0.1) is 30.8 Å². The number of rotatable bonds is 6. The van der Waals surface area contributed by atoms with Crippen LogP contribution in [0, 0.1) is 17.8 Å². The number of piperidine rings is 1. The standard InChI is InChI=1S/C47H66ClN5O6S/c1-34-8-6-18-47(57-2,32-51-22-23-52-24-25-58-30-39(52)29-51)41-13-10-37(41)28-53-31-46(17-7-9-35-26-38(48)12-14-40(35)46)33-59-43-15-11-36(27-42(43)53)45(54)49-60(55,56)44(34)16-21-50-19-4-3-5-20-50/h6,11-12,14-15,18,26-27,34,37,39,41,44H,3-5,7-10,13,16-17,19-25,28-33H2,1-2H3,(H,49,54)/b18-6+/t34-,37-,39-,41+,44+,46-,47-/m0/s1. The molecule has 1 amide bonds. The first kappa shape index (κ1) is 42.6. The van der Waals surface area contributed by atoms with Gasteiger partial charge in [0.15, 0.2) is 0 Å². The number of hydrogen-bond acceptors (Lipinski definition) is 10. The molecule has 4 fully saturated rings. The van der Waals surface area contributed by atoms with Crippen LogP contribution in [0.4, 0.5) is 5.69 Å². The van der Waals surface area contributed by atoms with Gasteiger partial charge in [-0.05, 0) is 137 Å². The second-order valence-electron chi connectivity index (χ2n) is 19.2. The van der Waals surface area contributed by atoms with E-state index in [1.807, 2.05) is 32.2 Å². The molecule has 2 bridgehead atoms. The molecule has 11 nitrogen and oxygen atoms in total. The van der Waals surface area contributed by atoms with E-state index in [0.29, 0.717) is 43.5 Å². The number of carbonyl (C=O) groups is 1. The predicted octanol–water partition coefficient (Wildman–Crippen LogP) is 6.14. The SMILES string of the molecule is CO[C@]1(CN2CCN3CCOC[C@@H]3C2)/C=C/C[C@H](C)[C@@H](CCN2CCCCC2)S(=O)(=O)NC(=O)c2ccc3c(c2)N(C[C@@H]2CC[C@H]21)C[C@@]1(CCCc2cc(Cl)ccc21)CO3. The molecule has 13 heteroatoms. The molecule has 328 valence electrons. The van der Waals surface area contributed by atoms with Gasteiger partial charge < -0.3 is 24.0 Å². The number of allylic oxidation sites excluding steroid dienone is 1. The average molecular weight is 865 g/mol. The number of nitrogens with zero attached hydrogens (tertiary/aromatic N) is 4. The van der Waals surface area contributed by atoms with Crippen molar-refractivity contribution in [3.05, 3.63) is 70.3 Å². The van der Waals surface area contributed by atoms with Crippen LogP contribution in [0.1, 0.15) is 86.2 Å². The van der Waals surface area contributed by atoms with E-state index in [1.54, 1.807) is 6.07 Å². The molecule has 5 heterocycles. The molecule has 2 aromatic rings. The lowest BCUT2D eigenvalue weighted by atomic mass is 9.63. The topological polar surface area (TPSA) is 104 Å². The molecule has 7 atom stereocenters. The molecule has 7 aliphatic rings. The Morgan fingerprint density at radius 2 is 1.85 bits per heavy atom. The first-order chi connectivity index (χ1) is 29.0. The summed E-state index contributed by atoms with van der Waals surface area (Å²) in [5, 5.41) is 0.00942. The second kappa shape index (κ2) is 17.8. The normalized spacial score (nSPS) is 34.5. The summed E-state index contributed by atoms with van der Waals surface area (Å²) < 4.78 is 51.1. The number of piperazine rings is 1. The van der Waals surface area contributed by atoms with Crippen LogP contribution in [-0.4, -0.2) is 138 Å². The first-order valence-corrected chi connectivity index (χ1v) is 24.8. The smallest absolute Gasteiger partial charge is 0.264 e. The van der Waals surface area contributed by atoms with Crippen molar-refractivity contribution in [3.63, 3.8) is 0 Å². The van der Waals surface area contributed by atoms with E-state index in [4.69, 9.17) is 25.8 Å². The Morgan fingerprint density at radius 3 is 2.67 bits per heavy atom. The molecular weight excluding hydrogens is 798 g/mol. The van der Waals surface area contributed by atoms with Gasteiger partial charge in [0.25, 0.3) is 5.91 Å². The van der Waals surface area contributed by atoms with Crippen LogP contribution in [0.15, 0.2) is 48.6 Å². The predicted molar refractivity (Wildman–Crippen MR) is 237 cm³/mol. The Kier molecular flexibility index (Phi) is 12.6. The number of likely N-dealkylation sites (tertiary alicyclic amines) is 1. The number of nitrogens with one attached hydrogen (secondary N) is 1. The van der Waals surface area contributed by atoms with E-state index in [2.05, 4.69) is 48.6 Å². The van der Waals surface area contributed by atoms with Crippen molar-refractivity contribution in [1.82, 2.24) is 19.4 Å². The fraction of sp³-hybridized carbons (Fsp3) is 0.681. The van der Waals surface area contributed by atoms with Crippen molar-refractivity contribution < 1.29 is 27.4 Å². The van der Waals surface area contributed by atoms with Crippen LogP contribution in [0.25, 0.3) is 0 Å². The third kappa shape index (κ3) is 8.65. The molecule has 5 aliphatic heterocycles. The van der Waals surface area contributed by atoms with Gasteiger partial charge in [-0.3, -0.25) is 14.6 Å². The number of amides is 1. The summed E-state index contributed by atoms with van der Waals surface area (Å²) in [4.78, 5) is 24.2. The van der Waals surface area contributed by atoms with Crippen molar-refractivity contribution in [1.29, 1.82) is 0 Å². The van der Waals surface area contributed by atoms with Crippen LogP contribution in [0.3, 0.4) is 0 Å². The Bertz CT molecular complexity index is 2010. The summed E-state index contributed by atoms with van der Waals surface area (Å²) in [6, 6.07) is 12.2. The molecule has 60 heavy (non-hydrogen) atoms. The number of halogens is 1. The molecule has 0 radical (unpaired) electrons. The fourth-order valence-electron chi connectivity index (χ4n) is 12.0. The van der Waals surface area contributed by atoms with Gasteiger partial charge in [0.2, 0.25) is 10.0 Å². The third-order valence-electron chi connectivity index (χ3n) is 15.5. The first-order valence-electron chi connectivity index (χ1n) is 22.9. The summed E-state index contributed by atoms with van der Waals surface area (Å²) >= 11 is 6.56. The molecule has 2 aromatic carbocycles. The maximum Gasteiger partial charge on any atom is 0.264 e. The van der Waals surface area contributed by atoms with E-state index >= 15 is 0 Å². The Balaban J connectivity index is 1.10. The van der Waals surface area contributed by atoms with Gasteiger partial charge in [-0.1, -0.05) is 43.2 Å². The van der Waals surface area contributed by atoms with Crippen LogP contribution < -0.4 is 14.4 Å². The number of ether oxygens (including phenoxy) is 3. The van der Waals surface area contributed by atoms with Gasteiger partial charge in [0, 0.05) is 75.0 Å². The highest BCUT2D eigenvalue weighted by Gasteiger charge is 2.50. The minimum absolute atomic E-state index is 0.223. The lowest BCUT2D eigenvalue weighted by molar-refractivity contribution is -0.108. The van der Waals surface area contributed by atoms with E-state index in [-0.39, 0.29) is 17.3 Å². The number of anilines is 1. The summed E-state index contributed by atoms with van der Waals surface area (Å²) in [5.74, 6) is 0.483. The van der Waals surface area contributed by atoms with Crippen LogP contribution in [0.5, 0.6) is 5.75 Å². The van der Waals surface area contributed by atoms with E-state index in [9.17, 15) is 13.2 Å². The Labute approximate surface area is 363 Å². The van der Waals surface area contributed by atoms with Gasteiger partial charge in [-0.15, -0.1) is 0 Å². The Hall–Kier alpha value is -2.71. The van der Waals surface area contributed by atoms with Crippen LogP contribution >= 0.6 is 11.6 Å². The highest BCUT2D eigenvalue weighted by Crippen LogP contribution is 2.49. The molecule has 3 saturated heterocycles. The number of morpholine rings is 1. The maximum absolute atomic E-state index is 14.5. The lowest BCUT2D eigenvalue weighted by Crippen LogP contribution is -2.62. The van der Waals surface area contributed by atoms with E-state index in [1.165, 1.54) is 17.5 Å². The number of aryl methyl sites for hydroxylation is 1. The zero-order chi connectivity index (χ0) is 41.5. The number of hydrogen-bond donors (Lipinski definition) is 1. The van der Waals surface area contributed by atoms with E-state index in [0.717, 1.165) is 134 Å². The van der Waals surface area contributed by atoms with Gasteiger partial charge >= 0.3 is 0 Å². The fourth-order valence-corrected chi connectivity index (χ4v) is 13.8. The van der Waals surface area contributed by atoms with Gasteiger partial charge in [-0.25, -0.2) is 13.1 Å². The van der Waals surface area contributed by atoms with Gasteiger partial charge in [0.1, 0.15) is 11.4 Å². The molecule has 2 aliphatic carbocycles. The monoisotopic (exact) mass is 863 g/mol. The van der Waals surface area contributed by atoms with Crippen LogP contribution in [0.2, 0.25) is 5.02 Å². The second-order valence-corrected chi connectivity index (χ2v) is 21.5. The van der Waals surface area contributed by atoms with Crippen molar-refractivity contribution in [3.8, 4) is 5.75 Å². The highest BCUT2D eigenvalue weighted by atomic mass is 35.5. The lowest BCUT2D eigenvalue weighted by Gasteiger charge is -2.53. The summed E-state index contributed by atoms with van der Waals surface area (Å²) in [7, 11) is -2.17. The average Bonchev–Trinajstić information content (AvgIpc) is 3.38. The van der Waals surface area contributed by atoms with Gasteiger partial charge in [-0.2, -0.15) is 0 Å². The maximum atomic E-state index is 14.5. The minimum Gasteiger partial charge on any atom is -0.490 e. The third-order valence-corrected chi connectivity index (χ3v) is 17.7. The molecular formula is C47H66ClN5O6S. The zero-order valence-electron chi connectivity index (χ0n) is 35.8. The van der Waals surface area contributed by atoms with Crippen LogP contribution in [-0.2, 0) is 31.3 Å². The Morgan fingerprint density at radius 1 is 0.983 bits per heavy atom. The van der Waals surface area contributed by atoms with Crippen molar-refractivity contribution in [2.45, 2.75) is 93.4 Å². The minimum atomic E-state index is -4.05. The van der Waals surface area contributed by atoms with Crippen molar-refractivity contribution in [2.75, 3.05) is 97.3 Å². The summed E-state index contributed by atoms with van der Waals surface area (Å²) in [5.41, 5.74) is 2.90. The molecule has 1 N–H and O–H groups in total. The zero-order valence-corrected chi connectivity index (χ0v) is 37.4. The highest BCUT2D eigenvalue weighted by molar-refractivity contribution is 7.90.